The topological polar surface area (TPSA) is 169 Å². The lowest BCUT2D eigenvalue weighted by molar-refractivity contribution is -0.145. The van der Waals surface area contributed by atoms with Crippen molar-refractivity contribution in [2.45, 2.75) is 57.7 Å². The number of hydrazine groups is 1. The minimum Gasteiger partial charge on any atom is -0.467 e. The van der Waals surface area contributed by atoms with Gasteiger partial charge >= 0.3 is 5.97 Å². The van der Waals surface area contributed by atoms with Gasteiger partial charge in [-0.2, -0.15) is 0 Å². The number of hydrogen-bond acceptors (Lipinski definition) is 7. The summed E-state index contributed by atoms with van der Waals surface area (Å²) in [7, 11) is 1.23. The number of rotatable bonds is 15. The molecule has 11 heteroatoms. The molecule has 0 heterocycles. The molecular formula is C22H33N5O6. The van der Waals surface area contributed by atoms with Crippen LogP contribution in [0.25, 0.3) is 0 Å². The Labute approximate surface area is 193 Å². The first-order valence-electron chi connectivity index (χ1n) is 10.6. The maximum atomic E-state index is 13.0. The number of nitrogens with two attached hydrogens (primary N) is 1. The Kier molecular flexibility index (Phi) is 12.2. The molecule has 0 aromatic heterocycles. The van der Waals surface area contributed by atoms with Gasteiger partial charge in [-0.25, -0.2) is 10.2 Å². The van der Waals surface area contributed by atoms with Crippen LogP contribution in [-0.4, -0.2) is 55.3 Å². The monoisotopic (exact) mass is 463 g/mol. The van der Waals surface area contributed by atoms with Crippen molar-refractivity contribution in [3.05, 3.63) is 35.9 Å². The summed E-state index contributed by atoms with van der Waals surface area (Å²) in [6, 6.07) is 6.22. The lowest BCUT2D eigenvalue weighted by atomic mass is 10.0. The molecule has 4 amide bonds. The van der Waals surface area contributed by atoms with Gasteiger partial charge in [0, 0.05) is 12.8 Å². The summed E-state index contributed by atoms with van der Waals surface area (Å²) in [6.45, 7) is 3.76. The molecule has 33 heavy (non-hydrogen) atoms. The second kappa shape index (κ2) is 14.6. The van der Waals surface area contributed by atoms with Gasteiger partial charge in [-0.15, -0.1) is 0 Å². The van der Waals surface area contributed by atoms with Gasteiger partial charge in [-0.3, -0.25) is 24.6 Å². The number of primary amides is 1. The Morgan fingerprint density at radius 1 is 1.00 bits per heavy atom. The third-order valence-electron chi connectivity index (χ3n) is 4.74. The Morgan fingerprint density at radius 2 is 1.61 bits per heavy atom. The molecule has 0 aliphatic carbocycles. The predicted octanol–water partition coefficient (Wildman–Crippen LogP) is -0.697. The molecule has 0 radical (unpaired) electrons. The maximum Gasteiger partial charge on any atom is 0.328 e. The fourth-order valence-corrected chi connectivity index (χ4v) is 3.12. The number of benzene rings is 1. The number of methoxy groups -OCH3 is 1. The van der Waals surface area contributed by atoms with Gasteiger partial charge in [0.25, 0.3) is 0 Å². The smallest absolute Gasteiger partial charge is 0.328 e. The molecule has 1 aromatic carbocycles. The average molecular weight is 464 g/mol. The molecule has 0 bridgehead atoms. The van der Waals surface area contributed by atoms with Crippen molar-refractivity contribution < 1.29 is 28.7 Å². The third-order valence-corrected chi connectivity index (χ3v) is 4.74. The van der Waals surface area contributed by atoms with Crippen LogP contribution in [-0.2, 0) is 35.1 Å². The van der Waals surface area contributed by atoms with Crippen LogP contribution >= 0.6 is 0 Å². The summed E-state index contributed by atoms with van der Waals surface area (Å²) in [6.07, 6.45) is 0.756. The van der Waals surface area contributed by atoms with Gasteiger partial charge in [0.1, 0.15) is 18.1 Å². The predicted molar refractivity (Wildman–Crippen MR) is 120 cm³/mol. The van der Waals surface area contributed by atoms with Gasteiger partial charge < -0.3 is 21.1 Å². The molecule has 0 unspecified atom stereocenters. The van der Waals surface area contributed by atoms with E-state index in [1.807, 2.05) is 44.2 Å². The largest absolute Gasteiger partial charge is 0.467 e. The molecule has 1 aromatic rings. The number of amides is 4. The molecule has 0 spiro atoms. The fraction of sp³-hybridized carbons (Fsp3) is 0.500. The van der Waals surface area contributed by atoms with Crippen LogP contribution in [0.4, 0.5) is 0 Å². The van der Waals surface area contributed by atoms with E-state index in [1.165, 1.54) is 7.11 Å². The van der Waals surface area contributed by atoms with Crippen LogP contribution in [0.15, 0.2) is 30.3 Å². The van der Waals surface area contributed by atoms with E-state index < -0.39 is 41.8 Å². The Morgan fingerprint density at radius 3 is 2.15 bits per heavy atom. The molecule has 1 rings (SSSR count). The summed E-state index contributed by atoms with van der Waals surface area (Å²) in [5.74, 6) is -2.35. The van der Waals surface area contributed by atoms with Crippen molar-refractivity contribution in [3.8, 4) is 0 Å². The molecule has 6 N–H and O–H groups in total. The molecule has 182 valence electrons. The minimum absolute atomic E-state index is 0.0107. The quantitative estimate of drug-likeness (QED) is 0.130. The summed E-state index contributed by atoms with van der Waals surface area (Å²) in [5.41, 5.74) is 10.6. The summed E-state index contributed by atoms with van der Waals surface area (Å²) in [5, 5.41) is 5.30. The van der Waals surface area contributed by atoms with E-state index in [9.17, 15) is 24.0 Å². The highest BCUT2D eigenvalue weighted by Crippen LogP contribution is 2.09. The maximum absolute atomic E-state index is 13.0. The minimum atomic E-state index is -0.995. The zero-order chi connectivity index (χ0) is 24.8. The van der Waals surface area contributed by atoms with Crippen LogP contribution in [0, 0.1) is 5.92 Å². The number of hydrogen-bond donors (Lipinski definition) is 5. The molecule has 11 nitrogen and oxygen atoms in total. The third kappa shape index (κ3) is 10.6. The normalized spacial score (nSPS) is 13.3. The van der Waals surface area contributed by atoms with Crippen molar-refractivity contribution in [2.24, 2.45) is 11.7 Å². The summed E-state index contributed by atoms with van der Waals surface area (Å²) in [4.78, 5) is 59.8. The summed E-state index contributed by atoms with van der Waals surface area (Å²) < 4.78 is 4.83. The van der Waals surface area contributed by atoms with Crippen molar-refractivity contribution in [1.82, 2.24) is 21.5 Å². The van der Waals surface area contributed by atoms with Gasteiger partial charge in [0.2, 0.25) is 24.1 Å². The highest BCUT2D eigenvalue weighted by atomic mass is 16.5. The van der Waals surface area contributed by atoms with Gasteiger partial charge in [-0.1, -0.05) is 44.2 Å². The van der Waals surface area contributed by atoms with E-state index in [0.29, 0.717) is 12.8 Å². The fourth-order valence-electron chi connectivity index (χ4n) is 3.12. The van der Waals surface area contributed by atoms with Crippen LogP contribution in [0.2, 0.25) is 0 Å². The first-order chi connectivity index (χ1) is 15.7. The number of carbonyl (C=O) groups excluding carboxylic acids is 5. The highest BCUT2D eigenvalue weighted by Gasteiger charge is 2.30. The molecule has 0 aliphatic heterocycles. The first kappa shape index (κ1) is 27.6. The van der Waals surface area contributed by atoms with Crippen molar-refractivity contribution in [2.75, 3.05) is 7.11 Å². The van der Waals surface area contributed by atoms with Crippen LogP contribution in [0.1, 0.15) is 38.7 Å². The van der Waals surface area contributed by atoms with Crippen LogP contribution in [0.3, 0.4) is 0 Å². The molecule has 0 aliphatic rings. The van der Waals surface area contributed by atoms with Crippen molar-refractivity contribution in [1.29, 1.82) is 0 Å². The van der Waals surface area contributed by atoms with E-state index in [2.05, 4.69) is 21.5 Å². The van der Waals surface area contributed by atoms with E-state index in [0.717, 1.165) is 5.56 Å². The zero-order valence-corrected chi connectivity index (χ0v) is 19.1. The molecular weight excluding hydrogens is 430 g/mol. The van der Waals surface area contributed by atoms with Crippen molar-refractivity contribution in [3.63, 3.8) is 0 Å². The number of ether oxygens (including phenoxy) is 1. The Hall–Kier alpha value is -3.47. The van der Waals surface area contributed by atoms with Crippen molar-refractivity contribution >= 4 is 30.1 Å². The lowest BCUT2D eigenvalue weighted by Gasteiger charge is -2.25. The number of nitrogens with one attached hydrogen (secondary N) is 4. The molecule has 0 saturated carbocycles. The van der Waals surface area contributed by atoms with Gasteiger partial charge in [0.05, 0.1) is 7.11 Å². The molecule has 3 atom stereocenters. The van der Waals surface area contributed by atoms with E-state index in [4.69, 9.17) is 10.5 Å². The van der Waals surface area contributed by atoms with E-state index >= 15 is 0 Å². The highest BCUT2D eigenvalue weighted by molar-refractivity contribution is 5.92. The van der Waals surface area contributed by atoms with Gasteiger partial charge in [0.15, 0.2) is 0 Å². The molecule has 0 fully saturated rings. The van der Waals surface area contributed by atoms with E-state index in [1.54, 1.807) is 0 Å². The lowest BCUT2D eigenvalue weighted by Crippen LogP contribution is -2.57. The average Bonchev–Trinajstić information content (AvgIpc) is 2.77. The Balaban J connectivity index is 2.97. The van der Waals surface area contributed by atoms with E-state index in [-0.39, 0.29) is 25.2 Å². The second-order valence-electron chi connectivity index (χ2n) is 7.93. The molecule has 0 saturated heterocycles. The van der Waals surface area contributed by atoms with Gasteiger partial charge in [-0.05, 0) is 24.3 Å². The standard InChI is InChI=1S/C22H33N5O6/c1-14(2)11-17(25-20(30)16(27-24-13-28)9-10-19(23)29)21(31)26-18(22(32)33-3)12-15-7-5-4-6-8-15/h4-8,13-14,16-18,27H,9-12H2,1-3H3,(H2,23,29)(H,24,28)(H,25,30)(H,26,31)/t16-,17-,18-/m0/s1. The SMILES string of the molecule is COC(=O)[C@H](Cc1ccccc1)NC(=O)[C@H](CC(C)C)NC(=O)[C@H](CCC(N)=O)NNC=O. The number of esters is 1. The zero-order valence-electron chi connectivity index (χ0n) is 19.1. The van der Waals surface area contributed by atoms with Crippen LogP contribution in [0.5, 0.6) is 0 Å². The second-order valence-corrected chi connectivity index (χ2v) is 7.93. The number of carbonyl (C=O) groups is 5. The summed E-state index contributed by atoms with van der Waals surface area (Å²) >= 11 is 0. The Bertz CT molecular complexity index is 802. The van der Waals surface area contributed by atoms with Crippen LogP contribution < -0.4 is 27.2 Å². The first-order valence-corrected chi connectivity index (χ1v) is 10.6.